The van der Waals surface area contributed by atoms with Gasteiger partial charge in [-0.1, -0.05) is 30.3 Å². The maximum absolute atomic E-state index is 12.3. The van der Waals surface area contributed by atoms with Crippen LogP contribution in [-0.4, -0.2) is 12.3 Å². The average molecular weight is 295 g/mol. The summed E-state index contributed by atoms with van der Waals surface area (Å²) in [7, 11) is 0. The van der Waals surface area contributed by atoms with Gasteiger partial charge in [0.25, 0.3) is 0 Å². The lowest BCUT2D eigenvalue weighted by Crippen LogP contribution is -2.17. The molecule has 2 rings (SSSR count). The highest BCUT2D eigenvalue weighted by molar-refractivity contribution is 5.94. The Morgan fingerprint density at radius 2 is 1.76 bits per heavy atom. The normalized spacial score (nSPS) is 11.0. The number of alkyl halides is 3. The molecular formula is C15H12F3NO2. The second-order valence-electron chi connectivity index (χ2n) is 4.30. The van der Waals surface area contributed by atoms with Crippen molar-refractivity contribution in [2.75, 3.05) is 5.32 Å². The second-order valence-corrected chi connectivity index (χ2v) is 4.30. The van der Waals surface area contributed by atoms with Crippen LogP contribution in [0.4, 0.5) is 18.9 Å². The van der Waals surface area contributed by atoms with Crippen molar-refractivity contribution < 1.29 is 22.7 Å². The Labute approximate surface area is 119 Å². The Balaban J connectivity index is 2.46. The van der Waals surface area contributed by atoms with Gasteiger partial charge in [-0.2, -0.15) is 0 Å². The molecule has 0 bridgehead atoms. The van der Waals surface area contributed by atoms with Gasteiger partial charge in [-0.25, -0.2) is 0 Å². The first-order valence-corrected chi connectivity index (χ1v) is 6.08. The fraction of sp³-hybridized carbons (Fsp3) is 0.133. The fourth-order valence-corrected chi connectivity index (χ4v) is 1.88. The van der Waals surface area contributed by atoms with E-state index in [2.05, 4.69) is 10.1 Å². The quantitative estimate of drug-likeness (QED) is 0.921. The average Bonchev–Trinajstić information content (AvgIpc) is 2.39. The molecule has 2 aromatic carbocycles. The lowest BCUT2D eigenvalue weighted by Gasteiger charge is -2.14. The minimum atomic E-state index is -4.76. The molecule has 3 nitrogen and oxygen atoms in total. The van der Waals surface area contributed by atoms with Crippen LogP contribution in [0, 0.1) is 0 Å². The molecule has 0 aliphatic heterocycles. The number of amides is 1. The first-order chi connectivity index (χ1) is 9.85. The molecule has 1 amide bonds. The van der Waals surface area contributed by atoms with Crippen molar-refractivity contribution in [2.24, 2.45) is 0 Å². The van der Waals surface area contributed by atoms with Gasteiger partial charge in [0.1, 0.15) is 5.75 Å². The lowest BCUT2D eigenvalue weighted by molar-refractivity contribution is -0.274. The summed E-state index contributed by atoms with van der Waals surface area (Å²) in [6.07, 6.45) is -4.76. The van der Waals surface area contributed by atoms with Crippen molar-refractivity contribution in [3.05, 3.63) is 48.5 Å². The van der Waals surface area contributed by atoms with Gasteiger partial charge in [0.2, 0.25) is 5.91 Å². The number of anilines is 1. The van der Waals surface area contributed by atoms with Crippen LogP contribution in [0.25, 0.3) is 11.1 Å². The third-order valence-corrected chi connectivity index (χ3v) is 2.62. The molecule has 0 saturated heterocycles. The van der Waals surface area contributed by atoms with Crippen molar-refractivity contribution >= 4 is 11.6 Å². The van der Waals surface area contributed by atoms with Crippen LogP contribution in [-0.2, 0) is 4.79 Å². The smallest absolute Gasteiger partial charge is 0.406 e. The van der Waals surface area contributed by atoms with Crippen molar-refractivity contribution in [2.45, 2.75) is 13.3 Å². The van der Waals surface area contributed by atoms with E-state index in [9.17, 15) is 18.0 Å². The van der Waals surface area contributed by atoms with E-state index in [1.165, 1.54) is 19.1 Å². The summed E-state index contributed by atoms with van der Waals surface area (Å²) in [5.74, 6) is -0.646. The van der Waals surface area contributed by atoms with E-state index in [-0.39, 0.29) is 11.7 Å². The van der Waals surface area contributed by atoms with Crippen molar-refractivity contribution in [3.8, 4) is 16.9 Å². The molecule has 0 aliphatic rings. The predicted molar refractivity (Wildman–Crippen MR) is 72.9 cm³/mol. The maximum Gasteiger partial charge on any atom is 0.573 e. The first kappa shape index (κ1) is 14.9. The molecule has 110 valence electrons. The molecule has 0 unspecified atom stereocenters. The molecule has 0 aliphatic carbocycles. The summed E-state index contributed by atoms with van der Waals surface area (Å²) in [5.41, 5.74) is 1.55. The molecule has 0 radical (unpaired) electrons. The number of ether oxygens (including phenoxy) is 1. The SMILES string of the molecule is CC(=O)Nc1ccc(OC(F)(F)F)cc1-c1ccccc1. The number of benzene rings is 2. The molecule has 0 aromatic heterocycles. The molecule has 0 atom stereocenters. The number of nitrogens with one attached hydrogen (secondary N) is 1. The number of rotatable bonds is 3. The summed E-state index contributed by atoms with van der Waals surface area (Å²) in [5, 5.41) is 2.59. The van der Waals surface area contributed by atoms with Gasteiger partial charge in [-0.15, -0.1) is 13.2 Å². The molecular weight excluding hydrogens is 283 g/mol. The molecule has 0 saturated carbocycles. The van der Waals surface area contributed by atoms with Crippen LogP contribution in [0.3, 0.4) is 0 Å². The van der Waals surface area contributed by atoms with Crippen LogP contribution in [0.5, 0.6) is 5.75 Å². The summed E-state index contributed by atoms with van der Waals surface area (Å²) >= 11 is 0. The van der Waals surface area contributed by atoms with E-state index in [0.717, 1.165) is 6.07 Å². The summed E-state index contributed by atoms with van der Waals surface area (Å²) < 4.78 is 40.8. The number of carbonyl (C=O) groups excluding carboxylic acids is 1. The predicted octanol–water partition coefficient (Wildman–Crippen LogP) is 4.21. The van der Waals surface area contributed by atoms with Crippen LogP contribution in [0.1, 0.15) is 6.92 Å². The van der Waals surface area contributed by atoms with Gasteiger partial charge in [-0.3, -0.25) is 4.79 Å². The molecule has 2 aromatic rings. The van der Waals surface area contributed by atoms with E-state index < -0.39 is 6.36 Å². The maximum atomic E-state index is 12.3. The van der Waals surface area contributed by atoms with Gasteiger partial charge in [0, 0.05) is 18.2 Å². The minimum Gasteiger partial charge on any atom is -0.406 e. The Kier molecular flexibility index (Phi) is 4.16. The highest BCUT2D eigenvalue weighted by Crippen LogP contribution is 2.33. The third kappa shape index (κ3) is 4.24. The van der Waals surface area contributed by atoms with Gasteiger partial charge in [-0.05, 0) is 23.8 Å². The van der Waals surface area contributed by atoms with Gasteiger partial charge < -0.3 is 10.1 Å². The van der Waals surface area contributed by atoms with Crippen LogP contribution in [0.2, 0.25) is 0 Å². The molecule has 6 heteroatoms. The number of carbonyl (C=O) groups is 1. The third-order valence-electron chi connectivity index (χ3n) is 2.62. The van der Waals surface area contributed by atoms with Crippen LogP contribution < -0.4 is 10.1 Å². The van der Waals surface area contributed by atoms with Crippen LogP contribution in [0.15, 0.2) is 48.5 Å². The zero-order valence-electron chi connectivity index (χ0n) is 11.1. The number of hydrogen-bond acceptors (Lipinski definition) is 2. The van der Waals surface area contributed by atoms with Crippen molar-refractivity contribution in [3.63, 3.8) is 0 Å². The first-order valence-electron chi connectivity index (χ1n) is 6.08. The van der Waals surface area contributed by atoms with Crippen molar-refractivity contribution in [1.82, 2.24) is 0 Å². The Bertz CT molecular complexity index is 639. The zero-order chi connectivity index (χ0) is 15.5. The van der Waals surface area contributed by atoms with Crippen LogP contribution >= 0.6 is 0 Å². The second kappa shape index (κ2) is 5.87. The van der Waals surface area contributed by atoms with Gasteiger partial charge in [0.05, 0.1) is 0 Å². The molecule has 0 spiro atoms. The van der Waals surface area contributed by atoms with E-state index in [1.807, 2.05) is 0 Å². The summed E-state index contributed by atoms with van der Waals surface area (Å²) in [6.45, 7) is 1.33. The summed E-state index contributed by atoms with van der Waals surface area (Å²) in [4.78, 5) is 11.2. The molecule has 1 N–H and O–H groups in total. The van der Waals surface area contributed by atoms with Gasteiger partial charge >= 0.3 is 6.36 Å². The Morgan fingerprint density at radius 1 is 1.10 bits per heavy atom. The van der Waals surface area contributed by atoms with E-state index >= 15 is 0 Å². The highest BCUT2D eigenvalue weighted by atomic mass is 19.4. The van der Waals surface area contributed by atoms with E-state index in [0.29, 0.717) is 16.8 Å². The fourth-order valence-electron chi connectivity index (χ4n) is 1.88. The molecule has 21 heavy (non-hydrogen) atoms. The van der Waals surface area contributed by atoms with Crippen molar-refractivity contribution in [1.29, 1.82) is 0 Å². The Morgan fingerprint density at radius 3 is 2.33 bits per heavy atom. The minimum absolute atomic E-state index is 0.309. The summed E-state index contributed by atoms with van der Waals surface area (Å²) in [6, 6.07) is 12.5. The van der Waals surface area contributed by atoms with Gasteiger partial charge in [0.15, 0.2) is 0 Å². The largest absolute Gasteiger partial charge is 0.573 e. The number of halogens is 3. The standard InChI is InChI=1S/C15H12F3NO2/c1-10(20)19-14-8-7-12(21-15(16,17)18)9-13(14)11-5-3-2-4-6-11/h2-9H,1H3,(H,19,20). The topological polar surface area (TPSA) is 38.3 Å². The monoisotopic (exact) mass is 295 g/mol. The highest BCUT2D eigenvalue weighted by Gasteiger charge is 2.31. The number of hydrogen-bond donors (Lipinski definition) is 1. The lowest BCUT2D eigenvalue weighted by atomic mass is 10.0. The molecule has 0 fully saturated rings. The zero-order valence-corrected chi connectivity index (χ0v) is 11.1. The molecule has 0 heterocycles. The Hall–Kier alpha value is -2.50. The van der Waals surface area contributed by atoms with E-state index in [4.69, 9.17) is 0 Å². The van der Waals surface area contributed by atoms with E-state index in [1.54, 1.807) is 30.3 Å².